The summed E-state index contributed by atoms with van der Waals surface area (Å²) in [4.78, 5) is 15.0. The summed E-state index contributed by atoms with van der Waals surface area (Å²) < 4.78 is 25.8. The number of hydrogen-bond acceptors (Lipinski definition) is 4. The van der Waals surface area contributed by atoms with Gasteiger partial charge in [-0.1, -0.05) is 62.4 Å². The molecule has 164 valence electrons. The van der Waals surface area contributed by atoms with E-state index in [1.165, 1.54) is 9.87 Å². The van der Waals surface area contributed by atoms with Crippen molar-refractivity contribution in [1.29, 1.82) is 0 Å². The van der Waals surface area contributed by atoms with Crippen molar-refractivity contribution >= 4 is 21.6 Å². The van der Waals surface area contributed by atoms with Gasteiger partial charge in [0.25, 0.3) is 0 Å². The van der Waals surface area contributed by atoms with Crippen LogP contribution < -0.4 is 9.62 Å². The molecule has 0 saturated carbocycles. The molecule has 0 fully saturated rings. The van der Waals surface area contributed by atoms with E-state index < -0.39 is 10.0 Å². The fraction of sp³-hybridized carbons (Fsp3) is 0.435. The molecule has 0 aromatic heterocycles. The van der Waals surface area contributed by atoms with Gasteiger partial charge in [0.15, 0.2) is 0 Å². The average molecular weight is 432 g/mol. The Labute approximate surface area is 180 Å². The molecule has 1 atom stereocenters. The molecule has 0 aliphatic carbocycles. The predicted molar refractivity (Wildman–Crippen MR) is 123 cm³/mol. The van der Waals surface area contributed by atoms with E-state index in [0.29, 0.717) is 12.2 Å². The van der Waals surface area contributed by atoms with Crippen LogP contribution in [0.25, 0.3) is 0 Å². The highest BCUT2D eigenvalue weighted by atomic mass is 32.2. The molecule has 2 aromatic rings. The highest BCUT2D eigenvalue weighted by Gasteiger charge is 2.23. The smallest absolute Gasteiger partial charge is 0.240 e. The maximum atomic E-state index is 12.7. The molecule has 2 aromatic carbocycles. The number of nitrogens with one attached hydrogen (secondary N) is 1. The molecular formula is C23H33N3O3S. The van der Waals surface area contributed by atoms with Crippen molar-refractivity contribution < 1.29 is 13.2 Å². The maximum Gasteiger partial charge on any atom is 0.240 e. The first-order valence-electron chi connectivity index (χ1n) is 10.3. The Bertz CT molecular complexity index is 912. The number of para-hydroxylation sites is 1. The lowest BCUT2D eigenvalue weighted by Crippen LogP contribution is -2.48. The van der Waals surface area contributed by atoms with Crippen molar-refractivity contribution in [2.24, 2.45) is 0 Å². The van der Waals surface area contributed by atoms with Gasteiger partial charge in [0.1, 0.15) is 6.54 Å². The summed E-state index contributed by atoms with van der Waals surface area (Å²) in [6.45, 7) is 8.02. The van der Waals surface area contributed by atoms with E-state index in [1.807, 2.05) is 37.3 Å². The molecule has 0 aliphatic rings. The molecule has 30 heavy (non-hydrogen) atoms. The summed E-state index contributed by atoms with van der Waals surface area (Å²) in [6, 6.07) is 17.5. The molecule has 1 N–H and O–H groups in total. The van der Waals surface area contributed by atoms with Crippen molar-refractivity contribution in [2.45, 2.75) is 33.2 Å². The molecule has 0 bridgehead atoms. The Balaban J connectivity index is 2.10. The number of carbonyl (C=O) groups is 1. The Kier molecular flexibility index (Phi) is 8.87. The van der Waals surface area contributed by atoms with Gasteiger partial charge < -0.3 is 5.32 Å². The lowest BCUT2D eigenvalue weighted by atomic mass is 10.0. The molecule has 0 aliphatic heterocycles. The van der Waals surface area contributed by atoms with Crippen LogP contribution in [0.5, 0.6) is 0 Å². The average Bonchev–Trinajstić information content (AvgIpc) is 2.71. The number of amides is 1. The minimum atomic E-state index is -3.59. The van der Waals surface area contributed by atoms with E-state index in [9.17, 15) is 13.2 Å². The van der Waals surface area contributed by atoms with Gasteiger partial charge in [-0.2, -0.15) is 0 Å². The van der Waals surface area contributed by atoms with Crippen molar-refractivity contribution in [2.75, 3.05) is 36.7 Å². The van der Waals surface area contributed by atoms with Gasteiger partial charge in [-0.3, -0.25) is 14.0 Å². The van der Waals surface area contributed by atoms with Gasteiger partial charge in [-0.05, 0) is 43.6 Å². The number of likely N-dealkylation sites (N-methyl/N-ethyl adjacent to an activating group) is 1. The van der Waals surface area contributed by atoms with Crippen LogP contribution in [0.3, 0.4) is 0 Å². The molecule has 6 nitrogen and oxygen atoms in total. The van der Waals surface area contributed by atoms with Gasteiger partial charge in [0, 0.05) is 12.6 Å². The zero-order valence-electron chi connectivity index (χ0n) is 18.3. The topological polar surface area (TPSA) is 69.7 Å². The van der Waals surface area contributed by atoms with E-state index in [1.54, 1.807) is 12.1 Å². The summed E-state index contributed by atoms with van der Waals surface area (Å²) in [5, 5.41) is 2.96. The molecule has 0 spiro atoms. The third-order valence-corrected chi connectivity index (χ3v) is 6.38. The summed E-state index contributed by atoms with van der Waals surface area (Å²) >= 11 is 0. The molecule has 0 radical (unpaired) electrons. The number of anilines is 1. The van der Waals surface area contributed by atoms with Gasteiger partial charge in [0.2, 0.25) is 15.9 Å². The van der Waals surface area contributed by atoms with Gasteiger partial charge >= 0.3 is 0 Å². The summed E-state index contributed by atoms with van der Waals surface area (Å²) in [5.74, 6) is -0.311. The fourth-order valence-electron chi connectivity index (χ4n) is 3.60. The number of rotatable bonds is 11. The SMILES string of the molecule is CCN(CC)C(CNC(=O)CN(c1ccccc1C)S(C)(=O)=O)Cc1ccccc1. The second-order valence-electron chi connectivity index (χ2n) is 7.42. The minimum Gasteiger partial charge on any atom is -0.353 e. The van der Waals surface area contributed by atoms with E-state index in [0.717, 1.165) is 31.3 Å². The Hall–Kier alpha value is -2.38. The number of nitrogens with zero attached hydrogens (tertiary/aromatic N) is 2. The fourth-order valence-corrected chi connectivity index (χ4v) is 4.51. The zero-order chi connectivity index (χ0) is 22.1. The van der Waals surface area contributed by atoms with Gasteiger partial charge in [0.05, 0.1) is 11.9 Å². The molecule has 1 amide bonds. The van der Waals surface area contributed by atoms with Crippen LogP contribution in [0.2, 0.25) is 0 Å². The van der Waals surface area contributed by atoms with Crippen LogP contribution in [-0.4, -0.2) is 57.7 Å². The van der Waals surface area contributed by atoms with E-state index in [2.05, 4.69) is 36.2 Å². The van der Waals surface area contributed by atoms with Crippen molar-refractivity contribution in [3.05, 3.63) is 65.7 Å². The molecule has 0 saturated heterocycles. The Morgan fingerprint density at radius 2 is 1.60 bits per heavy atom. The Morgan fingerprint density at radius 3 is 2.17 bits per heavy atom. The first-order valence-corrected chi connectivity index (χ1v) is 12.2. The predicted octanol–water partition coefficient (Wildman–Crippen LogP) is 2.83. The standard InChI is InChI=1S/C23H33N3O3S/c1-5-25(6-2)21(16-20-13-8-7-9-14-20)17-24-23(27)18-26(30(4,28)29)22-15-11-10-12-19(22)3/h7-15,21H,5-6,16-18H2,1-4H3,(H,24,27). The molecule has 2 rings (SSSR count). The first-order chi connectivity index (χ1) is 14.3. The normalized spacial score (nSPS) is 12.6. The minimum absolute atomic E-state index is 0.136. The van der Waals surface area contributed by atoms with Crippen LogP contribution in [0.4, 0.5) is 5.69 Å². The number of hydrogen-bond donors (Lipinski definition) is 1. The highest BCUT2D eigenvalue weighted by Crippen LogP contribution is 2.21. The summed E-state index contributed by atoms with van der Waals surface area (Å²) in [7, 11) is -3.59. The Morgan fingerprint density at radius 1 is 1.00 bits per heavy atom. The van der Waals surface area contributed by atoms with Gasteiger partial charge in [-0.15, -0.1) is 0 Å². The highest BCUT2D eigenvalue weighted by molar-refractivity contribution is 7.92. The van der Waals surface area contributed by atoms with Crippen LogP contribution >= 0.6 is 0 Å². The first kappa shape index (κ1) is 23.9. The lowest BCUT2D eigenvalue weighted by Gasteiger charge is -2.30. The number of benzene rings is 2. The van der Waals surface area contributed by atoms with E-state index >= 15 is 0 Å². The second kappa shape index (κ2) is 11.1. The van der Waals surface area contributed by atoms with Crippen LogP contribution in [0.1, 0.15) is 25.0 Å². The molecule has 7 heteroatoms. The second-order valence-corrected chi connectivity index (χ2v) is 9.33. The van der Waals surface area contributed by atoms with E-state index in [4.69, 9.17) is 0 Å². The quantitative estimate of drug-likeness (QED) is 0.594. The molecule has 0 heterocycles. The van der Waals surface area contributed by atoms with Crippen molar-refractivity contribution in [3.63, 3.8) is 0 Å². The maximum absolute atomic E-state index is 12.7. The van der Waals surface area contributed by atoms with Crippen molar-refractivity contribution in [1.82, 2.24) is 10.2 Å². The van der Waals surface area contributed by atoms with Crippen LogP contribution in [-0.2, 0) is 21.2 Å². The summed E-state index contributed by atoms with van der Waals surface area (Å²) in [6.07, 6.45) is 1.94. The number of aryl methyl sites for hydroxylation is 1. The van der Waals surface area contributed by atoms with Crippen LogP contribution in [0, 0.1) is 6.92 Å². The number of sulfonamides is 1. The van der Waals surface area contributed by atoms with Crippen LogP contribution in [0.15, 0.2) is 54.6 Å². The van der Waals surface area contributed by atoms with Gasteiger partial charge in [-0.25, -0.2) is 8.42 Å². The largest absolute Gasteiger partial charge is 0.353 e. The van der Waals surface area contributed by atoms with Crippen molar-refractivity contribution in [3.8, 4) is 0 Å². The third-order valence-electron chi connectivity index (χ3n) is 5.25. The molecule has 1 unspecified atom stereocenters. The monoisotopic (exact) mass is 431 g/mol. The molecular weight excluding hydrogens is 398 g/mol. The third kappa shape index (κ3) is 6.85. The number of carbonyl (C=O) groups excluding carboxylic acids is 1. The lowest BCUT2D eigenvalue weighted by molar-refractivity contribution is -0.119. The van der Waals surface area contributed by atoms with E-state index in [-0.39, 0.29) is 18.5 Å². The zero-order valence-corrected chi connectivity index (χ0v) is 19.2. The summed E-state index contributed by atoms with van der Waals surface area (Å²) in [5.41, 5.74) is 2.54.